The second-order valence-corrected chi connectivity index (χ2v) is 6.62. The van der Waals surface area contributed by atoms with Gasteiger partial charge in [-0.2, -0.15) is 5.10 Å². The van der Waals surface area contributed by atoms with Gasteiger partial charge in [-0.1, -0.05) is 0 Å². The van der Waals surface area contributed by atoms with Gasteiger partial charge in [-0.15, -0.1) is 0 Å². The molecule has 1 fully saturated rings. The molecule has 2 aromatic heterocycles. The zero-order valence-electron chi connectivity index (χ0n) is 14.4. The number of fused-ring (bicyclic) bond motifs is 1. The number of thiocarbonyl (C=S) groups is 1. The standard InChI is InChI=1S/C18H21N7S/c26-18(23-22-16-5-9-20-15-2-1-6-21-17(15)16)25-12-10-24(11-13-25)14-3-7-19-8-4-14/h1-4,6-8,20H,5,9-13H2,(H,23,26)/b22-16-. The summed E-state index contributed by atoms with van der Waals surface area (Å²) in [5.74, 6) is 0. The Bertz CT molecular complexity index is 800. The molecule has 8 heteroatoms. The SMILES string of the molecule is S=C(N/N=C1/CCNc2cccnc21)N1CCN(c2ccncc2)CC1. The zero-order valence-corrected chi connectivity index (χ0v) is 15.2. The molecule has 1 saturated heterocycles. The lowest BCUT2D eigenvalue weighted by molar-refractivity contribution is 0.381. The monoisotopic (exact) mass is 367 g/mol. The summed E-state index contributed by atoms with van der Waals surface area (Å²) in [6, 6.07) is 8.03. The van der Waals surface area contributed by atoms with Crippen molar-refractivity contribution in [3.8, 4) is 0 Å². The van der Waals surface area contributed by atoms with Gasteiger partial charge in [0.1, 0.15) is 5.69 Å². The van der Waals surface area contributed by atoms with Crippen LogP contribution in [0.15, 0.2) is 48.0 Å². The van der Waals surface area contributed by atoms with Crippen LogP contribution in [0.25, 0.3) is 0 Å². The summed E-state index contributed by atoms with van der Waals surface area (Å²) in [4.78, 5) is 13.0. The quantitative estimate of drug-likeness (QED) is 0.618. The minimum absolute atomic E-state index is 0.669. The molecule has 0 atom stereocenters. The summed E-state index contributed by atoms with van der Waals surface area (Å²) < 4.78 is 0. The second kappa shape index (κ2) is 7.65. The molecule has 0 bridgehead atoms. The van der Waals surface area contributed by atoms with Gasteiger partial charge in [0.25, 0.3) is 0 Å². The summed E-state index contributed by atoms with van der Waals surface area (Å²) in [6.45, 7) is 4.45. The first kappa shape index (κ1) is 16.7. The summed E-state index contributed by atoms with van der Waals surface area (Å²) in [5.41, 5.74) is 7.14. The van der Waals surface area contributed by atoms with Gasteiger partial charge in [0.05, 0.1) is 11.4 Å². The molecule has 0 saturated carbocycles. The van der Waals surface area contributed by atoms with E-state index in [-0.39, 0.29) is 0 Å². The van der Waals surface area contributed by atoms with Crippen molar-refractivity contribution < 1.29 is 0 Å². The molecular formula is C18H21N7S. The van der Waals surface area contributed by atoms with Gasteiger partial charge < -0.3 is 15.1 Å². The molecule has 2 aliphatic heterocycles. The van der Waals surface area contributed by atoms with Crippen LogP contribution in [0.1, 0.15) is 12.1 Å². The van der Waals surface area contributed by atoms with Crippen molar-refractivity contribution in [2.75, 3.05) is 42.9 Å². The van der Waals surface area contributed by atoms with E-state index in [0.29, 0.717) is 5.11 Å². The van der Waals surface area contributed by atoms with Crippen molar-refractivity contribution in [3.05, 3.63) is 48.5 Å². The van der Waals surface area contributed by atoms with E-state index in [4.69, 9.17) is 12.2 Å². The minimum atomic E-state index is 0.669. The van der Waals surface area contributed by atoms with Gasteiger partial charge in [-0.3, -0.25) is 15.4 Å². The van der Waals surface area contributed by atoms with Crippen molar-refractivity contribution in [1.29, 1.82) is 0 Å². The highest BCUT2D eigenvalue weighted by Crippen LogP contribution is 2.19. The number of hydrazone groups is 1. The van der Waals surface area contributed by atoms with Crippen LogP contribution in [0.5, 0.6) is 0 Å². The highest BCUT2D eigenvalue weighted by molar-refractivity contribution is 7.80. The van der Waals surface area contributed by atoms with Crippen molar-refractivity contribution in [3.63, 3.8) is 0 Å². The highest BCUT2D eigenvalue weighted by Gasteiger charge is 2.20. The number of piperazine rings is 1. The minimum Gasteiger partial charge on any atom is -0.383 e. The van der Waals surface area contributed by atoms with Gasteiger partial charge in [-0.25, -0.2) is 0 Å². The number of nitrogens with zero attached hydrogens (tertiary/aromatic N) is 5. The normalized spacial score (nSPS) is 18.2. The predicted molar refractivity (Wildman–Crippen MR) is 108 cm³/mol. The third-order valence-corrected chi connectivity index (χ3v) is 4.99. The van der Waals surface area contributed by atoms with Gasteiger partial charge in [0.2, 0.25) is 0 Å². The molecule has 0 radical (unpaired) electrons. The Balaban J connectivity index is 1.35. The molecule has 0 spiro atoms. The van der Waals surface area contributed by atoms with Crippen molar-refractivity contribution in [2.45, 2.75) is 6.42 Å². The molecule has 4 rings (SSSR count). The van der Waals surface area contributed by atoms with E-state index in [9.17, 15) is 0 Å². The first-order valence-electron chi connectivity index (χ1n) is 8.77. The maximum Gasteiger partial charge on any atom is 0.189 e. The van der Waals surface area contributed by atoms with E-state index in [1.54, 1.807) is 6.20 Å². The fourth-order valence-electron chi connectivity index (χ4n) is 3.23. The number of pyridine rings is 2. The van der Waals surface area contributed by atoms with Crippen LogP contribution in [0.3, 0.4) is 0 Å². The highest BCUT2D eigenvalue weighted by atomic mass is 32.1. The van der Waals surface area contributed by atoms with Crippen molar-refractivity contribution >= 4 is 34.4 Å². The molecular weight excluding hydrogens is 346 g/mol. The van der Waals surface area contributed by atoms with Gasteiger partial charge in [0, 0.05) is 63.4 Å². The fraction of sp³-hybridized carbons (Fsp3) is 0.333. The molecule has 2 N–H and O–H groups in total. The molecule has 134 valence electrons. The molecule has 26 heavy (non-hydrogen) atoms. The number of rotatable bonds is 2. The third-order valence-electron chi connectivity index (χ3n) is 4.64. The lowest BCUT2D eigenvalue weighted by Crippen LogP contribution is -2.51. The van der Waals surface area contributed by atoms with Crippen LogP contribution in [0, 0.1) is 0 Å². The fourth-order valence-corrected chi connectivity index (χ4v) is 3.46. The average molecular weight is 367 g/mol. The molecule has 0 unspecified atom stereocenters. The first-order valence-corrected chi connectivity index (χ1v) is 9.18. The maximum atomic E-state index is 5.54. The average Bonchev–Trinajstić information content (AvgIpc) is 2.73. The Morgan fingerprint density at radius 2 is 1.92 bits per heavy atom. The number of hydrogen-bond donors (Lipinski definition) is 2. The van der Waals surface area contributed by atoms with Crippen LogP contribution in [-0.2, 0) is 0 Å². The molecule has 0 amide bonds. The maximum absolute atomic E-state index is 5.54. The van der Waals surface area contributed by atoms with E-state index in [1.165, 1.54) is 5.69 Å². The van der Waals surface area contributed by atoms with E-state index in [1.807, 2.05) is 36.7 Å². The Morgan fingerprint density at radius 3 is 2.73 bits per heavy atom. The number of hydrogen-bond acceptors (Lipinski definition) is 6. The van der Waals surface area contributed by atoms with Crippen molar-refractivity contribution in [2.24, 2.45) is 5.10 Å². The third kappa shape index (κ3) is 3.60. The summed E-state index contributed by atoms with van der Waals surface area (Å²) in [6.07, 6.45) is 6.28. The van der Waals surface area contributed by atoms with Crippen LogP contribution in [0.2, 0.25) is 0 Å². The van der Waals surface area contributed by atoms with E-state index in [2.05, 4.69) is 35.6 Å². The zero-order chi connectivity index (χ0) is 17.8. The molecule has 0 aliphatic carbocycles. The Morgan fingerprint density at radius 1 is 1.12 bits per heavy atom. The smallest absolute Gasteiger partial charge is 0.189 e. The molecule has 7 nitrogen and oxygen atoms in total. The largest absolute Gasteiger partial charge is 0.383 e. The van der Waals surface area contributed by atoms with E-state index in [0.717, 1.165) is 56.2 Å². The van der Waals surface area contributed by atoms with Crippen LogP contribution >= 0.6 is 12.2 Å². The van der Waals surface area contributed by atoms with Crippen LogP contribution < -0.4 is 15.6 Å². The number of aromatic nitrogens is 2. The number of nitrogens with one attached hydrogen (secondary N) is 2. The Kier molecular flexibility index (Phi) is 4.92. The topological polar surface area (TPSA) is 68.7 Å². The summed E-state index contributed by atoms with van der Waals surface area (Å²) >= 11 is 5.54. The van der Waals surface area contributed by atoms with E-state index >= 15 is 0 Å². The lowest BCUT2D eigenvalue weighted by atomic mass is 10.1. The Labute approximate surface area is 158 Å². The van der Waals surface area contributed by atoms with Gasteiger partial charge >= 0.3 is 0 Å². The van der Waals surface area contributed by atoms with E-state index < -0.39 is 0 Å². The molecule has 4 heterocycles. The van der Waals surface area contributed by atoms with Crippen LogP contribution in [-0.4, -0.2) is 58.4 Å². The second-order valence-electron chi connectivity index (χ2n) is 6.23. The van der Waals surface area contributed by atoms with Gasteiger partial charge in [-0.05, 0) is 36.5 Å². The van der Waals surface area contributed by atoms with Crippen molar-refractivity contribution in [1.82, 2.24) is 20.3 Å². The molecule has 0 aromatic carbocycles. The number of anilines is 2. The predicted octanol–water partition coefficient (Wildman–Crippen LogP) is 1.69. The van der Waals surface area contributed by atoms with Gasteiger partial charge in [0.15, 0.2) is 5.11 Å². The molecule has 2 aliphatic rings. The molecule has 2 aromatic rings. The Hall–Kier alpha value is -2.74. The lowest BCUT2D eigenvalue weighted by Gasteiger charge is -2.37. The van der Waals surface area contributed by atoms with Crippen LogP contribution in [0.4, 0.5) is 11.4 Å². The first-order chi connectivity index (χ1) is 12.8. The summed E-state index contributed by atoms with van der Waals surface area (Å²) in [5, 5.41) is 8.55. The summed E-state index contributed by atoms with van der Waals surface area (Å²) in [7, 11) is 0.